The van der Waals surface area contributed by atoms with Crippen LogP contribution in [0.1, 0.15) is 54.4 Å². The van der Waals surface area contributed by atoms with Crippen LogP contribution >= 0.6 is 0 Å². The van der Waals surface area contributed by atoms with Crippen LogP contribution in [0.2, 0.25) is 0 Å². The predicted molar refractivity (Wildman–Crippen MR) is 74.7 cm³/mol. The van der Waals surface area contributed by atoms with Crippen molar-refractivity contribution in [3.63, 3.8) is 0 Å². The van der Waals surface area contributed by atoms with Crippen LogP contribution in [0.4, 0.5) is 5.69 Å². The number of carboxylic acids is 1. The Morgan fingerprint density at radius 3 is 2.47 bits per heavy atom. The summed E-state index contributed by atoms with van der Waals surface area (Å²) in [5, 5.41) is 9.13. The van der Waals surface area contributed by atoms with Crippen molar-refractivity contribution in [2.24, 2.45) is 0 Å². The van der Waals surface area contributed by atoms with Gasteiger partial charge in [-0.1, -0.05) is 12.8 Å². The predicted octanol–water partition coefficient (Wildman–Crippen LogP) is 3.38. The van der Waals surface area contributed by atoms with Crippen LogP contribution in [-0.2, 0) is 0 Å². The van der Waals surface area contributed by atoms with Crippen LogP contribution in [-0.4, -0.2) is 17.2 Å². The first kappa shape index (κ1) is 13.7. The molecule has 1 aliphatic carbocycles. The van der Waals surface area contributed by atoms with E-state index in [1.54, 1.807) is 0 Å². The largest absolute Gasteiger partial charge is 0.490 e. The molecule has 1 aromatic carbocycles. The Bertz CT molecular complexity index is 463. The van der Waals surface area contributed by atoms with Crippen LogP contribution in [0.5, 0.6) is 5.75 Å². The summed E-state index contributed by atoms with van der Waals surface area (Å²) in [6, 6.07) is 3.36. The van der Waals surface area contributed by atoms with Crippen molar-refractivity contribution in [1.29, 1.82) is 0 Å². The summed E-state index contributed by atoms with van der Waals surface area (Å²) in [5.41, 5.74) is 6.98. The van der Waals surface area contributed by atoms with Gasteiger partial charge in [-0.25, -0.2) is 4.79 Å². The van der Waals surface area contributed by atoms with Gasteiger partial charge in [0, 0.05) is 5.69 Å². The van der Waals surface area contributed by atoms with E-state index in [0.29, 0.717) is 11.4 Å². The highest BCUT2D eigenvalue weighted by Gasteiger charge is 2.17. The number of nitrogens with two attached hydrogens (primary N) is 1. The summed E-state index contributed by atoms with van der Waals surface area (Å²) in [4.78, 5) is 11.1. The van der Waals surface area contributed by atoms with Gasteiger partial charge >= 0.3 is 5.97 Å². The lowest BCUT2D eigenvalue weighted by atomic mass is 10.1. The normalized spacial score (nSPS) is 16.9. The highest BCUT2D eigenvalue weighted by Crippen LogP contribution is 2.28. The molecule has 104 valence electrons. The number of anilines is 1. The average Bonchev–Trinajstić information content (AvgIpc) is 2.62. The summed E-state index contributed by atoms with van der Waals surface area (Å²) >= 11 is 0. The quantitative estimate of drug-likeness (QED) is 0.647. The molecule has 0 saturated heterocycles. The Morgan fingerprint density at radius 2 is 1.89 bits per heavy atom. The molecule has 0 radical (unpaired) electrons. The SMILES string of the molecule is Cc1cc(OC2CCCCCC2)cc(C(=O)O)c1N. The average molecular weight is 263 g/mol. The maximum Gasteiger partial charge on any atom is 0.337 e. The zero-order chi connectivity index (χ0) is 13.8. The van der Waals surface area contributed by atoms with Crippen molar-refractivity contribution < 1.29 is 14.6 Å². The molecule has 3 N–H and O–H groups in total. The van der Waals surface area contributed by atoms with Crippen molar-refractivity contribution in [3.8, 4) is 5.75 Å². The molecule has 0 amide bonds. The Hall–Kier alpha value is -1.71. The zero-order valence-corrected chi connectivity index (χ0v) is 11.3. The van der Waals surface area contributed by atoms with Crippen molar-refractivity contribution in [2.75, 3.05) is 5.73 Å². The maximum atomic E-state index is 11.1. The number of hydrogen-bond donors (Lipinski definition) is 2. The van der Waals surface area contributed by atoms with E-state index in [9.17, 15) is 4.79 Å². The van der Waals surface area contributed by atoms with Crippen LogP contribution in [0, 0.1) is 6.92 Å². The van der Waals surface area contributed by atoms with E-state index in [2.05, 4.69) is 0 Å². The van der Waals surface area contributed by atoms with E-state index in [1.165, 1.54) is 31.7 Å². The number of carboxylic acid groups (broad SMARTS) is 1. The summed E-state index contributed by atoms with van der Waals surface area (Å²) in [5.74, 6) is -0.386. The first-order chi connectivity index (χ1) is 9.08. The van der Waals surface area contributed by atoms with Gasteiger partial charge in [-0.05, 0) is 50.3 Å². The third-order valence-corrected chi connectivity index (χ3v) is 3.70. The van der Waals surface area contributed by atoms with E-state index in [-0.39, 0.29) is 11.7 Å². The number of aryl methyl sites for hydroxylation is 1. The molecule has 1 saturated carbocycles. The first-order valence-corrected chi connectivity index (χ1v) is 6.88. The fraction of sp³-hybridized carbons (Fsp3) is 0.533. The molecule has 2 rings (SSSR count). The Kier molecular flexibility index (Phi) is 4.30. The zero-order valence-electron chi connectivity index (χ0n) is 11.3. The van der Waals surface area contributed by atoms with E-state index < -0.39 is 5.97 Å². The molecule has 1 fully saturated rings. The third kappa shape index (κ3) is 3.40. The van der Waals surface area contributed by atoms with Gasteiger partial charge in [-0.2, -0.15) is 0 Å². The molecule has 0 unspecified atom stereocenters. The fourth-order valence-electron chi connectivity index (χ4n) is 2.56. The van der Waals surface area contributed by atoms with Crippen molar-refractivity contribution in [3.05, 3.63) is 23.3 Å². The topological polar surface area (TPSA) is 72.5 Å². The molecule has 0 aliphatic heterocycles. The number of benzene rings is 1. The van der Waals surface area contributed by atoms with Gasteiger partial charge < -0.3 is 15.6 Å². The molecule has 0 bridgehead atoms. The minimum Gasteiger partial charge on any atom is -0.490 e. The molecule has 0 aromatic heterocycles. The Labute approximate surface area is 113 Å². The van der Waals surface area contributed by atoms with Gasteiger partial charge in [0.15, 0.2) is 0 Å². The third-order valence-electron chi connectivity index (χ3n) is 3.70. The van der Waals surface area contributed by atoms with E-state index in [0.717, 1.165) is 18.4 Å². The molecule has 19 heavy (non-hydrogen) atoms. The van der Waals surface area contributed by atoms with Gasteiger partial charge in [-0.15, -0.1) is 0 Å². The molecule has 0 heterocycles. The molecule has 0 spiro atoms. The highest BCUT2D eigenvalue weighted by molar-refractivity contribution is 5.95. The fourth-order valence-corrected chi connectivity index (χ4v) is 2.56. The van der Waals surface area contributed by atoms with Crippen molar-refractivity contribution in [1.82, 2.24) is 0 Å². The molecule has 0 atom stereocenters. The summed E-state index contributed by atoms with van der Waals surface area (Å²) in [6.45, 7) is 1.81. The number of hydrogen-bond acceptors (Lipinski definition) is 3. The van der Waals surface area contributed by atoms with Gasteiger partial charge in [0.2, 0.25) is 0 Å². The van der Waals surface area contributed by atoms with E-state index >= 15 is 0 Å². The number of carbonyl (C=O) groups is 1. The monoisotopic (exact) mass is 263 g/mol. The molecule has 4 nitrogen and oxygen atoms in total. The van der Waals surface area contributed by atoms with E-state index in [1.807, 2.05) is 13.0 Å². The second kappa shape index (κ2) is 5.95. The summed E-state index contributed by atoms with van der Waals surface area (Å²) < 4.78 is 5.94. The Morgan fingerprint density at radius 1 is 1.26 bits per heavy atom. The number of rotatable bonds is 3. The standard InChI is InChI=1S/C15H21NO3/c1-10-8-12(9-13(14(10)16)15(17)18)19-11-6-4-2-3-5-7-11/h8-9,11H,2-7,16H2,1H3,(H,17,18). The van der Waals surface area contributed by atoms with Crippen molar-refractivity contribution >= 4 is 11.7 Å². The minimum absolute atomic E-state index is 0.128. The van der Waals surface area contributed by atoms with Gasteiger partial charge in [0.1, 0.15) is 5.75 Å². The number of nitrogen functional groups attached to an aromatic ring is 1. The highest BCUT2D eigenvalue weighted by atomic mass is 16.5. The summed E-state index contributed by atoms with van der Waals surface area (Å²) in [6.07, 6.45) is 7.20. The lowest BCUT2D eigenvalue weighted by Gasteiger charge is -2.18. The van der Waals surface area contributed by atoms with Gasteiger partial charge in [0.05, 0.1) is 11.7 Å². The van der Waals surface area contributed by atoms with Gasteiger partial charge in [-0.3, -0.25) is 0 Å². The van der Waals surface area contributed by atoms with Crippen LogP contribution in [0.3, 0.4) is 0 Å². The van der Waals surface area contributed by atoms with Gasteiger partial charge in [0.25, 0.3) is 0 Å². The van der Waals surface area contributed by atoms with Crippen LogP contribution < -0.4 is 10.5 Å². The molecule has 1 aliphatic rings. The number of ether oxygens (including phenoxy) is 1. The minimum atomic E-state index is -1.01. The second-order valence-electron chi connectivity index (χ2n) is 5.24. The first-order valence-electron chi connectivity index (χ1n) is 6.88. The molecular weight excluding hydrogens is 242 g/mol. The molecule has 4 heteroatoms. The molecule has 1 aromatic rings. The molecular formula is C15H21NO3. The smallest absolute Gasteiger partial charge is 0.337 e. The summed E-state index contributed by atoms with van der Waals surface area (Å²) in [7, 11) is 0. The van der Waals surface area contributed by atoms with Crippen molar-refractivity contribution in [2.45, 2.75) is 51.6 Å². The second-order valence-corrected chi connectivity index (χ2v) is 5.24. The van der Waals surface area contributed by atoms with E-state index in [4.69, 9.17) is 15.6 Å². The number of aromatic carboxylic acids is 1. The lowest BCUT2D eigenvalue weighted by Crippen LogP contribution is -2.16. The Balaban J connectivity index is 2.17. The maximum absolute atomic E-state index is 11.1. The van der Waals surface area contributed by atoms with Crippen LogP contribution in [0.15, 0.2) is 12.1 Å². The lowest BCUT2D eigenvalue weighted by molar-refractivity contribution is 0.0697. The van der Waals surface area contributed by atoms with Crippen LogP contribution in [0.25, 0.3) is 0 Å².